The second-order valence-corrected chi connectivity index (χ2v) is 4.33. The molecule has 1 N–H and O–H groups in total. The first kappa shape index (κ1) is 9.56. The van der Waals surface area contributed by atoms with E-state index in [-0.39, 0.29) is 6.09 Å². The summed E-state index contributed by atoms with van der Waals surface area (Å²) in [4.78, 5) is 11.0. The van der Waals surface area contributed by atoms with E-state index in [2.05, 4.69) is 22.2 Å². The number of methoxy groups -OCH3 is 1. The maximum absolute atomic E-state index is 11.0. The summed E-state index contributed by atoms with van der Waals surface area (Å²) < 4.78 is 4.61. The van der Waals surface area contributed by atoms with Gasteiger partial charge in [0.1, 0.15) is 0 Å². The van der Waals surface area contributed by atoms with E-state index in [4.69, 9.17) is 0 Å². The highest BCUT2D eigenvalue weighted by atomic mass is 16.5. The highest BCUT2D eigenvalue weighted by Crippen LogP contribution is 2.35. The molecule has 0 aromatic carbocycles. The molecule has 0 aliphatic heterocycles. The highest BCUT2D eigenvalue weighted by Gasteiger charge is 2.30. The van der Waals surface area contributed by atoms with Gasteiger partial charge in [-0.05, 0) is 37.5 Å². The largest absolute Gasteiger partial charge is 0.453 e. The Labute approximate surface area is 84.5 Å². The second-order valence-electron chi connectivity index (χ2n) is 4.33. The maximum Gasteiger partial charge on any atom is 0.407 e. The smallest absolute Gasteiger partial charge is 0.407 e. The molecule has 2 rings (SSSR count). The number of alkyl carbamates (subject to hydrolysis) is 1. The van der Waals surface area contributed by atoms with Gasteiger partial charge in [0.05, 0.1) is 7.11 Å². The standard InChI is InChI=1S/C11H17NO2/c1-14-11(13)12-10-6-8-3-2-4-9(5-8)7-10/h2-3,8-10H,4-7H2,1H3,(H,12,13). The van der Waals surface area contributed by atoms with Crippen LogP contribution in [0.1, 0.15) is 25.7 Å². The van der Waals surface area contributed by atoms with Crippen LogP contribution in [-0.2, 0) is 4.74 Å². The van der Waals surface area contributed by atoms with E-state index < -0.39 is 0 Å². The fraction of sp³-hybridized carbons (Fsp3) is 0.727. The van der Waals surface area contributed by atoms with E-state index in [0.717, 1.165) is 18.8 Å². The quantitative estimate of drug-likeness (QED) is 0.650. The fourth-order valence-electron chi connectivity index (χ4n) is 2.64. The van der Waals surface area contributed by atoms with Gasteiger partial charge in [0.25, 0.3) is 0 Å². The third-order valence-corrected chi connectivity index (χ3v) is 3.23. The third-order valence-electron chi connectivity index (χ3n) is 3.23. The van der Waals surface area contributed by atoms with Crippen LogP contribution in [0.15, 0.2) is 12.2 Å². The summed E-state index contributed by atoms with van der Waals surface area (Å²) in [5, 5.41) is 2.90. The average molecular weight is 195 g/mol. The molecule has 3 atom stereocenters. The zero-order valence-corrected chi connectivity index (χ0v) is 8.53. The van der Waals surface area contributed by atoms with Crippen molar-refractivity contribution in [3.05, 3.63) is 12.2 Å². The number of allylic oxidation sites excluding steroid dienone is 2. The first-order chi connectivity index (χ1) is 6.78. The minimum atomic E-state index is -0.293. The molecule has 0 radical (unpaired) electrons. The van der Waals surface area contributed by atoms with Gasteiger partial charge in [-0.1, -0.05) is 12.2 Å². The molecule has 1 saturated carbocycles. The van der Waals surface area contributed by atoms with Gasteiger partial charge in [0.2, 0.25) is 0 Å². The SMILES string of the molecule is COC(=O)NC1CC2C=CCC(C2)C1. The normalized spacial score (nSPS) is 35.1. The molecule has 0 aromatic heterocycles. The molecule has 3 heteroatoms. The molecule has 0 spiro atoms. The van der Waals surface area contributed by atoms with Crippen LogP contribution in [0.2, 0.25) is 0 Å². The summed E-state index contributed by atoms with van der Waals surface area (Å²) in [7, 11) is 1.42. The summed E-state index contributed by atoms with van der Waals surface area (Å²) in [6.45, 7) is 0. The predicted octanol–water partition coefficient (Wildman–Crippen LogP) is 2.09. The van der Waals surface area contributed by atoms with Gasteiger partial charge in [0.15, 0.2) is 0 Å². The van der Waals surface area contributed by atoms with E-state index in [0.29, 0.717) is 12.0 Å². The molecule has 2 aliphatic carbocycles. The van der Waals surface area contributed by atoms with Crippen molar-refractivity contribution in [2.75, 3.05) is 7.11 Å². The number of amides is 1. The maximum atomic E-state index is 11.0. The van der Waals surface area contributed by atoms with Gasteiger partial charge < -0.3 is 10.1 Å². The molecule has 0 heterocycles. The molecule has 1 amide bonds. The zero-order valence-electron chi connectivity index (χ0n) is 8.53. The Morgan fingerprint density at radius 1 is 1.43 bits per heavy atom. The Balaban J connectivity index is 1.90. The summed E-state index contributed by atoms with van der Waals surface area (Å²) in [6, 6.07) is 0.316. The number of nitrogens with one attached hydrogen (secondary N) is 1. The van der Waals surface area contributed by atoms with Crippen molar-refractivity contribution < 1.29 is 9.53 Å². The Morgan fingerprint density at radius 2 is 2.29 bits per heavy atom. The fourth-order valence-corrected chi connectivity index (χ4v) is 2.64. The van der Waals surface area contributed by atoms with Gasteiger partial charge in [-0.25, -0.2) is 4.79 Å². The van der Waals surface area contributed by atoms with Crippen LogP contribution in [0.25, 0.3) is 0 Å². The summed E-state index contributed by atoms with van der Waals surface area (Å²) in [5.74, 6) is 1.44. The van der Waals surface area contributed by atoms with Gasteiger partial charge >= 0.3 is 6.09 Å². The van der Waals surface area contributed by atoms with Crippen molar-refractivity contribution in [2.24, 2.45) is 11.8 Å². The number of hydrogen-bond acceptors (Lipinski definition) is 2. The third kappa shape index (κ3) is 2.08. The van der Waals surface area contributed by atoms with Crippen LogP contribution < -0.4 is 5.32 Å². The molecule has 0 aromatic rings. The lowest BCUT2D eigenvalue weighted by Crippen LogP contribution is -2.41. The highest BCUT2D eigenvalue weighted by molar-refractivity contribution is 5.67. The van der Waals surface area contributed by atoms with Gasteiger partial charge in [-0.15, -0.1) is 0 Å². The monoisotopic (exact) mass is 195 g/mol. The number of fused-ring (bicyclic) bond motifs is 2. The van der Waals surface area contributed by atoms with E-state index >= 15 is 0 Å². The van der Waals surface area contributed by atoms with Gasteiger partial charge in [-0.3, -0.25) is 0 Å². The van der Waals surface area contributed by atoms with E-state index in [1.54, 1.807) is 0 Å². The van der Waals surface area contributed by atoms with Crippen molar-refractivity contribution in [3.8, 4) is 0 Å². The minimum Gasteiger partial charge on any atom is -0.453 e. The molecule has 0 saturated heterocycles. The molecular weight excluding hydrogens is 178 g/mol. The summed E-state index contributed by atoms with van der Waals surface area (Å²) in [6.07, 6.45) is 8.94. The Kier molecular flexibility index (Phi) is 2.75. The predicted molar refractivity (Wildman–Crippen MR) is 53.9 cm³/mol. The van der Waals surface area contributed by atoms with Crippen molar-refractivity contribution in [2.45, 2.75) is 31.7 Å². The van der Waals surface area contributed by atoms with Crippen LogP contribution in [0, 0.1) is 11.8 Å². The molecule has 14 heavy (non-hydrogen) atoms. The van der Waals surface area contributed by atoms with Gasteiger partial charge in [-0.2, -0.15) is 0 Å². The lowest BCUT2D eigenvalue weighted by atomic mass is 9.74. The number of rotatable bonds is 1. The molecule has 2 aliphatic rings. The van der Waals surface area contributed by atoms with E-state index in [9.17, 15) is 4.79 Å². The second kappa shape index (κ2) is 4.03. The first-order valence-electron chi connectivity index (χ1n) is 5.29. The van der Waals surface area contributed by atoms with Crippen LogP contribution in [0.3, 0.4) is 0 Å². The van der Waals surface area contributed by atoms with Crippen molar-refractivity contribution in [1.29, 1.82) is 0 Å². The number of carbonyl (C=O) groups excluding carboxylic acids is 1. The number of hydrogen-bond donors (Lipinski definition) is 1. The first-order valence-corrected chi connectivity index (χ1v) is 5.29. The average Bonchev–Trinajstić information content (AvgIpc) is 2.17. The molecule has 3 nitrogen and oxygen atoms in total. The zero-order chi connectivity index (χ0) is 9.97. The summed E-state index contributed by atoms with van der Waals surface area (Å²) in [5.41, 5.74) is 0. The molecule has 3 unspecified atom stereocenters. The number of ether oxygens (including phenoxy) is 1. The molecule has 78 valence electrons. The number of carbonyl (C=O) groups is 1. The van der Waals surface area contributed by atoms with Crippen LogP contribution in [-0.4, -0.2) is 19.2 Å². The van der Waals surface area contributed by atoms with E-state index in [1.165, 1.54) is 20.0 Å². The Morgan fingerprint density at radius 3 is 3.00 bits per heavy atom. The molecular formula is C11H17NO2. The van der Waals surface area contributed by atoms with Crippen LogP contribution in [0.5, 0.6) is 0 Å². The Hall–Kier alpha value is -0.990. The van der Waals surface area contributed by atoms with Crippen molar-refractivity contribution >= 4 is 6.09 Å². The molecule has 1 fully saturated rings. The topological polar surface area (TPSA) is 38.3 Å². The van der Waals surface area contributed by atoms with Gasteiger partial charge in [0, 0.05) is 6.04 Å². The lowest BCUT2D eigenvalue weighted by Gasteiger charge is -2.35. The summed E-state index contributed by atoms with van der Waals surface area (Å²) >= 11 is 0. The Bertz CT molecular complexity index is 250. The molecule has 2 bridgehead atoms. The van der Waals surface area contributed by atoms with E-state index in [1.807, 2.05) is 0 Å². The van der Waals surface area contributed by atoms with Crippen molar-refractivity contribution in [3.63, 3.8) is 0 Å². The van der Waals surface area contributed by atoms with Crippen molar-refractivity contribution in [1.82, 2.24) is 5.32 Å². The minimum absolute atomic E-state index is 0.293. The van der Waals surface area contributed by atoms with Crippen LogP contribution >= 0.6 is 0 Å². The van der Waals surface area contributed by atoms with Crippen LogP contribution in [0.4, 0.5) is 4.79 Å². The lowest BCUT2D eigenvalue weighted by molar-refractivity contribution is 0.154.